The van der Waals surface area contributed by atoms with Crippen LogP contribution in [0.15, 0.2) is 24.3 Å². The van der Waals surface area contributed by atoms with Crippen LogP contribution < -0.4 is 4.74 Å². The molecule has 0 bridgehead atoms. The van der Waals surface area contributed by atoms with Crippen LogP contribution in [0.5, 0.6) is 5.75 Å². The Morgan fingerprint density at radius 3 is 2.55 bits per heavy atom. The number of hydrogen-bond acceptors (Lipinski definition) is 3. The smallest absolute Gasteiger partial charge is 0.354 e. The summed E-state index contributed by atoms with van der Waals surface area (Å²) in [5.74, 6) is 0.0667. The van der Waals surface area contributed by atoms with Gasteiger partial charge in [-0.3, -0.25) is 4.68 Å². The lowest BCUT2D eigenvalue weighted by Gasteiger charge is -2.11. The van der Waals surface area contributed by atoms with E-state index in [-0.39, 0.29) is 5.69 Å². The van der Waals surface area contributed by atoms with Crippen LogP contribution in [-0.4, -0.2) is 28.0 Å². The van der Waals surface area contributed by atoms with Crippen molar-refractivity contribution in [3.8, 4) is 17.0 Å². The molecular formula is C15H18N2O3. The molecule has 0 amide bonds. The molecular weight excluding hydrogens is 256 g/mol. The molecule has 0 aliphatic rings. The number of carboxylic acids is 1. The summed E-state index contributed by atoms with van der Waals surface area (Å²) in [5, 5.41) is 13.4. The molecule has 2 rings (SSSR count). The van der Waals surface area contributed by atoms with Crippen molar-refractivity contribution < 1.29 is 14.6 Å². The number of carboxylic acid groups (broad SMARTS) is 1. The quantitative estimate of drug-likeness (QED) is 0.931. The van der Waals surface area contributed by atoms with Gasteiger partial charge in [0.1, 0.15) is 11.4 Å². The molecule has 0 spiro atoms. The zero-order chi connectivity index (χ0) is 14.9. The predicted octanol–water partition coefficient (Wildman–Crippen LogP) is 2.92. The van der Waals surface area contributed by atoms with Crippen LogP contribution in [0.1, 0.15) is 35.8 Å². The first-order valence-corrected chi connectivity index (χ1v) is 6.39. The molecule has 0 saturated heterocycles. The van der Waals surface area contributed by atoms with E-state index < -0.39 is 5.97 Å². The molecule has 0 aliphatic carbocycles. The first kappa shape index (κ1) is 14.1. The van der Waals surface area contributed by atoms with Gasteiger partial charge in [-0.1, -0.05) is 19.9 Å². The highest BCUT2D eigenvalue weighted by molar-refractivity contribution is 5.87. The van der Waals surface area contributed by atoms with Crippen molar-refractivity contribution in [1.82, 2.24) is 9.78 Å². The monoisotopic (exact) mass is 274 g/mol. The average Bonchev–Trinajstić information content (AvgIpc) is 2.80. The fraction of sp³-hybridized carbons (Fsp3) is 0.333. The highest BCUT2D eigenvalue weighted by Gasteiger charge is 2.16. The Balaban J connectivity index is 2.58. The zero-order valence-corrected chi connectivity index (χ0v) is 12.0. The minimum absolute atomic E-state index is 0.150. The predicted molar refractivity (Wildman–Crippen MR) is 76.2 cm³/mol. The Labute approximate surface area is 117 Å². The van der Waals surface area contributed by atoms with E-state index in [1.807, 2.05) is 18.2 Å². The summed E-state index contributed by atoms with van der Waals surface area (Å²) in [6.45, 7) is 4.21. The average molecular weight is 274 g/mol. The lowest BCUT2D eigenvalue weighted by atomic mass is 9.99. The summed E-state index contributed by atoms with van der Waals surface area (Å²) < 4.78 is 6.71. The highest BCUT2D eigenvalue weighted by Crippen LogP contribution is 2.32. The Morgan fingerprint density at radius 1 is 1.35 bits per heavy atom. The van der Waals surface area contributed by atoms with Gasteiger partial charge in [0.15, 0.2) is 0 Å². The van der Waals surface area contributed by atoms with Crippen LogP contribution in [-0.2, 0) is 7.05 Å². The van der Waals surface area contributed by atoms with Gasteiger partial charge in [-0.2, -0.15) is 5.10 Å². The van der Waals surface area contributed by atoms with Crippen LogP contribution in [0.2, 0.25) is 0 Å². The van der Waals surface area contributed by atoms with Crippen LogP contribution in [0.4, 0.5) is 0 Å². The summed E-state index contributed by atoms with van der Waals surface area (Å²) in [7, 11) is 3.21. The Morgan fingerprint density at radius 2 is 2.05 bits per heavy atom. The van der Waals surface area contributed by atoms with Crippen molar-refractivity contribution in [3.05, 3.63) is 35.5 Å². The van der Waals surface area contributed by atoms with Crippen molar-refractivity contribution in [2.24, 2.45) is 7.05 Å². The number of aryl methyl sites for hydroxylation is 1. The van der Waals surface area contributed by atoms with E-state index >= 15 is 0 Å². The van der Waals surface area contributed by atoms with E-state index in [9.17, 15) is 4.79 Å². The first-order chi connectivity index (χ1) is 9.43. The minimum Gasteiger partial charge on any atom is -0.496 e. The summed E-state index contributed by atoms with van der Waals surface area (Å²) in [6, 6.07) is 7.45. The molecule has 20 heavy (non-hydrogen) atoms. The van der Waals surface area contributed by atoms with E-state index in [1.165, 1.54) is 4.68 Å². The van der Waals surface area contributed by atoms with Gasteiger partial charge in [0, 0.05) is 12.6 Å². The number of methoxy groups -OCH3 is 1. The number of aromatic carboxylic acids is 1. The number of nitrogens with zero attached hydrogens (tertiary/aromatic N) is 2. The van der Waals surface area contributed by atoms with Gasteiger partial charge >= 0.3 is 5.97 Å². The lowest BCUT2D eigenvalue weighted by Crippen LogP contribution is -2.04. The fourth-order valence-electron chi connectivity index (χ4n) is 2.08. The van der Waals surface area contributed by atoms with Gasteiger partial charge in [-0.15, -0.1) is 0 Å². The molecule has 0 aliphatic heterocycles. The molecule has 1 heterocycles. The second kappa shape index (κ2) is 5.36. The summed E-state index contributed by atoms with van der Waals surface area (Å²) in [4.78, 5) is 11.1. The number of hydrogen-bond donors (Lipinski definition) is 1. The number of aromatic nitrogens is 2. The van der Waals surface area contributed by atoms with Gasteiger partial charge in [0.05, 0.1) is 12.8 Å². The molecule has 5 nitrogen and oxygen atoms in total. The van der Waals surface area contributed by atoms with Crippen LogP contribution in [0, 0.1) is 0 Å². The highest BCUT2D eigenvalue weighted by atomic mass is 16.5. The number of benzene rings is 1. The minimum atomic E-state index is -0.995. The van der Waals surface area contributed by atoms with Crippen molar-refractivity contribution in [3.63, 3.8) is 0 Å². The molecule has 1 aromatic heterocycles. The lowest BCUT2D eigenvalue weighted by molar-refractivity contribution is 0.0685. The van der Waals surface area contributed by atoms with E-state index in [4.69, 9.17) is 9.84 Å². The normalized spacial score (nSPS) is 10.8. The zero-order valence-electron chi connectivity index (χ0n) is 12.0. The van der Waals surface area contributed by atoms with E-state index in [0.717, 1.165) is 11.1 Å². The summed E-state index contributed by atoms with van der Waals surface area (Å²) in [6.07, 6.45) is 0. The third-order valence-corrected chi connectivity index (χ3v) is 3.27. The van der Waals surface area contributed by atoms with Crippen molar-refractivity contribution in [2.75, 3.05) is 7.11 Å². The Bertz CT molecular complexity index is 645. The van der Waals surface area contributed by atoms with Crippen molar-refractivity contribution in [2.45, 2.75) is 19.8 Å². The summed E-state index contributed by atoms with van der Waals surface area (Å²) in [5.41, 5.74) is 2.71. The molecule has 1 N–H and O–H groups in total. The maximum atomic E-state index is 11.1. The van der Waals surface area contributed by atoms with Crippen LogP contribution in [0.3, 0.4) is 0 Å². The van der Waals surface area contributed by atoms with Gasteiger partial charge < -0.3 is 9.84 Å². The van der Waals surface area contributed by atoms with Crippen LogP contribution >= 0.6 is 0 Å². The third-order valence-electron chi connectivity index (χ3n) is 3.27. The van der Waals surface area contributed by atoms with Crippen molar-refractivity contribution >= 4 is 5.97 Å². The number of carbonyl (C=O) groups is 1. The molecule has 0 atom stereocenters. The van der Waals surface area contributed by atoms with Crippen LogP contribution in [0.25, 0.3) is 11.3 Å². The third kappa shape index (κ3) is 2.52. The summed E-state index contributed by atoms with van der Waals surface area (Å²) >= 11 is 0. The number of ether oxygens (including phenoxy) is 1. The van der Waals surface area contributed by atoms with Gasteiger partial charge in [0.2, 0.25) is 0 Å². The van der Waals surface area contributed by atoms with Gasteiger partial charge in [0.25, 0.3) is 0 Å². The van der Waals surface area contributed by atoms with E-state index in [0.29, 0.717) is 17.4 Å². The van der Waals surface area contributed by atoms with Gasteiger partial charge in [-0.05, 0) is 29.7 Å². The molecule has 5 heteroatoms. The molecule has 1 aromatic carbocycles. The largest absolute Gasteiger partial charge is 0.496 e. The first-order valence-electron chi connectivity index (χ1n) is 6.39. The fourth-order valence-corrected chi connectivity index (χ4v) is 2.08. The Kier molecular flexibility index (Phi) is 3.79. The molecule has 0 fully saturated rings. The molecule has 106 valence electrons. The Hall–Kier alpha value is -2.30. The van der Waals surface area contributed by atoms with E-state index in [2.05, 4.69) is 18.9 Å². The second-order valence-corrected chi connectivity index (χ2v) is 4.96. The maximum absolute atomic E-state index is 11.1. The molecule has 0 unspecified atom stereocenters. The van der Waals surface area contributed by atoms with Gasteiger partial charge in [-0.25, -0.2) is 4.79 Å². The molecule has 0 radical (unpaired) electrons. The second-order valence-electron chi connectivity index (χ2n) is 4.96. The molecule has 0 saturated carbocycles. The maximum Gasteiger partial charge on any atom is 0.354 e. The topological polar surface area (TPSA) is 64.3 Å². The molecule has 2 aromatic rings. The standard InChI is InChI=1S/C15H18N2O3/c1-9(2)10-5-6-14(20-4)11(7-10)12-8-13(15(18)19)17(3)16-12/h5-9H,1-4H3,(H,18,19). The van der Waals surface area contributed by atoms with E-state index in [1.54, 1.807) is 20.2 Å². The van der Waals surface area contributed by atoms with Crippen molar-refractivity contribution in [1.29, 1.82) is 0 Å². The number of rotatable bonds is 4. The SMILES string of the molecule is COc1ccc(C(C)C)cc1-c1cc(C(=O)O)n(C)n1.